The van der Waals surface area contributed by atoms with Gasteiger partial charge in [0, 0.05) is 31.4 Å². The first-order valence-corrected chi connectivity index (χ1v) is 7.55. The van der Waals surface area contributed by atoms with Gasteiger partial charge in [0.05, 0.1) is 17.8 Å². The van der Waals surface area contributed by atoms with Crippen molar-refractivity contribution in [2.24, 2.45) is 5.10 Å². The van der Waals surface area contributed by atoms with Crippen molar-refractivity contribution in [3.63, 3.8) is 0 Å². The first-order chi connectivity index (χ1) is 10.9. The lowest BCUT2D eigenvalue weighted by Crippen LogP contribution is -2.33. The van der Waals surface area contributed by atoms with E-state index in [0.29, 0.717) is 23.9 Å². The summed E-state index contributed by atoms with van der Waals surface area (Å²) >= 11 is 0. The summed E-state index contributed by atoms with van der Waals surface area (Å²) in [7, 11) is 1.88. The number of likely N-dealkylation sites (N-methyl/N-ethyl adjacent to an activating group) is 1. The summed E-state index contributed by atoms with van der Waals surface area (Å²) in [4.78, 5) is 3.86. The Morgan fingerprint density at radius 1 is 1.52 bits per heavy atom. The Morgan fingerprint density at radius 2 is 2.30 bits per heavy atom. The van der Waals surface area contributed by atoms with E-state index < -0.39 is 11.7 Å². The Hall–Kier alpha value is -1.89. The molecule has 2 rings (SSSR count). The van der Waals surface area contributed by atoms with Crippen molar-refractivity contribution in [3.05, 3.63) is 42.2 Å². The lowest BCUT2D eigenvalue weighted by atomic mass is 10.1. The summed E-state index contributed by atoms with van der Waals surface area (Å²) in [6, 6.07) is 2.84. The molecule has 0 amide bonds. The third kappa shape index (κ3) is 5.35. The minimum atomic E-state index is -4.37. The van der Waals surface area contributed by atoms with Gasteiger partial charge in [0.2, 0.25) is 0 Å². The van der Waals surface area contributed by atoms with E-state index in [1.807, 2.05) is 12.1 Å². The molecule has 7 heteroatoms. The van der Waals surface area contributed by atoms with Crippen LogP contribution in [-0.2, 0) is 12.6 Å². The quantitative estimate of drug-likeness (QED) is 0.645. The number of rotatable bonds is 6. The number of nitrogens with zero attached hydrogens (tertiary/aromatic N) is 3. The second-order valence-electron chi connectivity index (χ2n) is 5.64. The number of hydrazone groups is 1. The van der Waals surface area contributed by atoms with Crippen molar-refractivity contribution in [2.45, 2.75) is 31.5 Å². The zero-order valence-electron chi connectivity index (χ0n) is 13.1. The van der Waals surface area contributed by atoms with E-state index in [4.69, 9.17) is 0 Å². The second-order valence-corrected chi connectivity index (χ2v) is 5.64. The minimum Gasteiger partial charge on any atom is -0.312 e. The number of allylic oxidation sites excluding steroid dienone is 1. The van der Waals surface area contributed by atoms with Crippen LogP contribution in [0.25, 0.3) is 0 Å². The lowest BCUT2D eigenvalue weighted by molar-refractivity contribution is -0.137. The predicted octanol–water partition coefficient (Wildman–Crippen LogP) is 2.87. The molecular formula is C16H21F3N4. The third-order valence-corrected chi connectivity index (χ3v) is 3.70. The molecule has 1 saturated heterocycles. The molecular weight excluding hydrogens is 305 g/mol. The first-order valence-electron chi connectivity index (χ1n) is 7.55. The number of aromatic nitrogens is 1. The molecule has 2 heterocycles. The highest BCUT2D eigenvalue weighted by atomic mass is 19.4. The Kier molecular flexibility index (Phi) is 5.76. The maximum absolute atomic E-state index is 12.5. The summed E-state index contributed by atoms with van der Waals surface area (Å²) in [5, 5.41) is 9.69. The highest BCUT2D eigenvalue weighted by molar-refractivity contribution is 5.95. The van der Waals surface area contributed by atoms with Crippen molar-refractivity contribution in [1.29, 1.82) is 0 Å². The minimum absolute atomic E-state index is 0.351. The summed E-state index contributed by atoms with van der Waals surface area (Å²) in [5.41, 5.74) is 0.463. The first kappa shape index (κ1) is 17.5. The van der Waals surface area contributed by atoms with E-state index in [9.17, 15) is 13.2 Å². The molecule has 0 spiro atoms. The van der Waals surface area contributed by atoms with Gasteiger partial charge in [-0.05, 0) is 37.6 Å². The maximum Gasteiger partial charge on any atom is 0.417 e. The monoisotopic (exact) mass is 326 g/mol. The molecule has 0 aliphatic carbocycles. The molecule has 0 radical (unpaired) electrons. The van der Waals surface area contributed by atoms with Gasteiger partial charge >= 0.3 is 6.18 Å². The standard InChI is InChI=1S/C16H21F3N4/c1-3-13(22-23(2)11-15-5-4-8-20-15)9-14-7-6-12(10-21-14)16(17,18)19/h3,6-7,10,15,20H,1,4-5,8-9,11H2,2H3/b22-13+/t15-/m0/s1. The number of hydrogen-bond acceptors (Lipinski definition) is 4. The van der Waals surface area contributed by atoms with Crippen molar-refractivity contribution >= 4 is 5.71 Å². The SMILES string of the molecule is C=C/C(Cc1ccc(C(F)(F)F)cn1)=N\N(C)C[C@@H]1CCCN1. The fourth-order valence-corrected chi connectivity index (χ4v) is 2.52. The van der Waals surface area contributed by atoms with Gasteiger partial charge in [-0.25, -0.2) is 0 Å². The highest BCUT2D eigenvalue weighted by Gasteiger charge is 2.30. The molecule has 1 atom stereocenters. The van der Waals surface area contributed by atoms with E-state index in [1.54, 1.807) is 6.08 Å². The van der Waals surface area contributed by atoms with Crippen LogP contribution < -0.4 is 5.32 Å². The normalized spacial score (nSPS) is 19.0. The largest absolute Gasteiger partial charge is 0.417 e. The number of pyridine rings is 1. The average Bonchev–Trinajstić information content (AvgIpc) is 2.99. The van der Waals surface area contributed by atoms with Gasteiger partial charge in [0.1, 0.15) is 0 Å². The van der Waals surface area contributed by atoms with Gasteiger partial charge in [0.15, 0.2) is 0 Å². The van der Waals surface area contributed by atoms with Gasteiger partial charge < -0.3 is 5.32 Å². The molecule has 1 aliphatic rings. The Balaban J connectivity index is 1.97. The van der Waals surface area contributed by atoms with Crippen LogP contribution in [0.5, 0.6) is 0 Å². The smallest absolute Gasteiger partial charge is 0.312 e. The van der Waals surface area contributed by atoms with E-state index in [2.05, 4.69) is 22.0 Å². The van der Waals surface area contributed by atoms with Crippen molar-refractivity contribution in [3.8, 4) is 0 Å². The molecule has 23 heavy (non-hydrogen) atoms. The van der Waals surface area contributed by atoms with E-state index in [-0.39, 0.29) is 0 Å². The third-order valence-electron chi connectivity index (χ3n) is 3.70. The zero-order chi connectivity index (χ0) is 16.9. The van der Waals surface area contributed by atoms with Crippen molar-refractivity contribution in [2.75, 3.05) is 20.1 Å². The van der Waals surface area contributed by atoms with E-state index in [1.165, 1.54) is 12.5 Å². The second kappa shape index (κ2) is 7.59. The molecule has 1 aromatic rings. The molecule has 126 valence electrons. The summed E-state index contributed by atoms with van der Waals surface area (Å²) < 4.78 is 37.6. The van der Waals surface area contributed by atoms with Crippen LogP contribution in [0.4, 0.5) is 13.2 Å². The number of nitrogens with one attached hydrogen (secondary N) is 1. The summed E-state index contributed by atoms with van der Waals surface area (Å²) in [5.74, 6) is 0. The molecule has 1 N–H and O–H groups in total. The number of alkyl halides is 3. The van der Waals surface area contributed by atoms with Crippen LogP contribution in [-0.4, -0.2) is 41.9 Å². The number of hydrogen-bond donors (Lipinski definition) is 1. The fourth-order valence-electron chi connectivity index (χ4n) is 2.52. The molecule has 1 aliphatic heterocycles. The number of halogens is 3. The van der Waals surface area contributed by atoms with Gasteiger partial charge in [-0.15, -0.1) is 0 Å². The Morgan fingerprint density at radius 3 is 2.83 bits per heavy atom. The van der Waals surface area contributed by atoms with E-state index in [0.717, 1.165) is 31.8 Å². The Bertz CT molecular complexity index is 545. The van der Waals surface area contributed by atoms with Gasteiger partial charge in [-0.3, -0.25) is 9.99 Å². The molecule has 0 saturated carbocycles. The maximum atomic E-state index is 12.5. The average molecular weight is 326 g/mol. The van der Waals surface area contributed by atoms with Gasteiger partial charge in [-0.1, -0.05) is 6.58 Å². The predicted molar refractivity (Wildman–Crippen MR) is 84.2 cm³/mol. The van der Waals surface area contributed by atoms with Crippen LogP contribution in [0.2, 0.25) is 0 Å². The van der Waals surface area contributed by atoms with Crippen LogP contribution in [0, 0.1) is 0 Å². The van der Waals surface area contributed by atoms with Gasteiger partial charge in [0.25, 0.3) is 0 Å². The molecule has 4 nitrogen and oxygen atoms in total. The fraction of sp³-hybridized carbons (Fsp3) is 0.500. The van der Waals surface area contributed by atoms with Gasteiger partial charge in [-0.2, -0.15) is 18.3 Å². The zero-order valence-corrected chi connectivity index (χ0v) is 13.1. The lowest BCUT2D eigenvalue weighted by Gasteiger charge is -2.19. The molecule has 1 fully saturated rings. The topological polar surface area (TPSA) is 40.5 Å². The Labute approximate surface area is 134 Å². The van der Waals surface area contributed by atoms with Crippen LogP contribution in [0.1, 0.15) is 24.1 Å². The van der Waals surface area contributed by atoms with E-state index >= 15 is 0 Å². The summed E-state index contributed by atoms with van der Waals surface area (Å²) in [6.45, 7) is 5.54. The molecule has 0 aromatic carbocycles. The molecule has 0 unspecified atom stereocenters. The highest BCUT2D eigenvalue weighted by Crippen LogP contribution is 2.28. The van der Waals surface area contributed by atoms with Crippen molar-refractivity contribution < 1.29 is 13.2 Å². The van der Waals surface area contributed by atoms with Crippen LogP contribution in [0.15, 0.2) is 36.1 Å². The van der Waals surface area contributed by atoms with Crippen LogP contribution in [0.3, 0.4) is 0 Å². The molecule has 0 bridgehead atoms. The molecule has 1 aromatic heterocycles. The van der Waals surface area contributed by atoms with Crippen molar-refractivity contribution in [1.82, 2.24) is 15.3 Å². The summed E-state index contributed by atoms with van der Waals surface area (Å²) in [6.07, 6.45) is 0.745. The van der Waals surface area contributed by atoms with Crippen LogP contribution >= 0.6 is 0 Å².